The monoisotopic (exact) mass is 204 g/mol. The molecule has 0 fully saturated rings. The Bertz CT molecular complexity index is 382. The Morgan fingerprint density at radius 2 is 2.20 bits per heavy atom. The minimum Gasteiger partial charge on any atom is -0.496 e. The molecule has 0 aromatic heterocycles. The average molecular weight is 204 g/mol. The average Bonchev–Trinajstić information content (AvgIpc) is 2.27. The molecule has 15 heavy (non-hydrogen) atoms. The number of carbonyl (C=O) groups is 1. The number of ether oxygens (including phenoxy) is 1. The highest BCUT2D eigenvalue weighted by Gasteiger charge is 2.21. The van der Waals surface area contributed by atoms with Crippen molar-refractivity contribution in [2.24, 2.45) is 5.92 Å². The summed E-state index contributed by atoms with van der Waals surface area (Å²) in [7, 11) is 1.69. The molecule has 2 heteroatoms. The van der Waals surface area contributed by atoms with E-state index >= 15 is 0 Å². The largest absolute Gasteiger partial charge is 0.496 e. The molecule has 1 aromatic carbocycles. The van der Waals surface area contributed by atoms with E-state index in [-0.39, 0.29) is 0 Å². The van der Waals surface area contributed by atoms with Crippen LogP contribution < -0.4 is 4.74 Å². The van der Waals surface area contributed by atoms with Crippen molar-refractivity contribution in [1.82, 2.24) is 0 Å². The Hall–Kier alpha value is -1.31. The van der Waals surface area contributed by atoms with E-state index < -0.39 is 0 Å². The molecule has 2 rings (SSSR count). The third-order valence-corrected chi connectivity index (χ3v) is 3.21. The van der Waals surface area contributed by atoms with Crippen molar-refractivity contribution >= 4 is 6.29 Å². The molecule has 0 heterocycles. The van der Waals surface area contributed by atoms with Gasteiger partial charge in [-0.2, -0.15) is 0 Å². The van der Waals surface area contributed by atoms with E-state index in [0.717, 1.165) is 30.4 Å². The number of aldehydes is 1. The van der Waals surface area contributed by atoms with Crippen LogP contribution in [0, 0.1) is 5.92 Å². The fourth-order valence-electron chi connectivity index (χ4n) is 2.35. The lowest BCUT2D eigenvalue weighted by Crippen LogP contribution is -2.14. The first-order valence-electron chi connectivity index (χ1n) is 5.40. The molecule has 1 atom stereocenters. The lowest BCUT2D eigenvalue weighted by atomic mass is 9.82. The van der Waals surface area contributed by atoms with Crippen LogP contribution in [-0.4, -0.2) is 13.4 Å². The second-order valence-corrected chi connectivity index (χ2v) is 4.28. The van der Waals surface area contributed by atoms with Crippen molar-refractivity contribution in [3.8, 4) is 5.75 Å². The normalized spacial score (nSPS) is 19.5. The summed E-state index contributed by atoms with van der Waals surface area (Å²) in [4.78, 5) is 10.9. The molecular formula is C13H16O2. The smallest absolute Gasteiger partial charge is 0.150 e. The van der Waals surface area contributed by atoms with E-state index in [1.54, 1.807) is 7.11 Å². The first-order valence-corrected chi connectivity index (χ1v) is 5.40. The van der Waals surface area contributed by atoms with Crippen LogP contribution in [0.5, 0.6) is 5.75 Å². The highest BCUT2D eigenvalue weighted by atomic mass is 16.5. The van der Waals surface area contributed by atoms with Gasteiger partial charge in [0.2, 0.25) is 0 Å². The molecule has 2 nitrogen and oxygen atoms in total. The van der Waals surface area contributed by atoms with Crippen molar-refractivity contribution in [3.63, 3.8) is 0 Å². The van der Waals surface area contributed by atoms with Crippen molar-refractivity contribution in [3.05, 3.63) is 28.8 Å². The van der Waals surface area contributed by atoms with Gasteiger partial charge in [-0.15, -0.1) is 0 Å². The minimum absolute atomic E-state index is 0.670. The maximum absolute atomic E-state index is 10.9. The minimum atomic E-state index is 0.670. The standard InChI is InChI=1S/C13H16O2/c1-9-3-5-11-12(7-9)10(8-14)4-6-13(11)15-2/h4,6,8-9H,3,5,7H2,1-2H3. The van der Waals surface area contributed by atoms with Crippen LogP contribution in [0.25, 0.3) is 0 Å². The van der Waals surface area contributed by atoms with Gasteiger partial charge in [-0.3, -0.25) is 4.79 Å². The maximum atomic E-state index is 10.9. The molecule has 80 valence electrons. The second kappa shape index (κ2) is 4.05. The van der Waals surface area contributed by atoms with E-state index in [1.807, 2.05) is 12.1 Å². The second-order valence-electron chi connectivity index (χ2n) is 4.28. The van der Waals surface area contributed by atoms with E-state index in [0.29, 0.717) is 5.92 Å². The summed E-state index contributed by atoms with van der Waals surface area (Å²) in [6, 6.07) is 3.77. The summed E-state index contributed by atoms with van der Waals surface area (Å²) in [5.74, 6) is 1.60. The predicted molar refractivity (Wildman–Crippen MR) is 59.6 cm³/mol. The first kappa shape index (κ1) is 10.2. The van der Waals surface area contributed by atoms with Gasteiger partial charge in [0.25, 0.3) is 0 Å². The zero-order chi connectivity index (χ0) is 10.8. The lowest BCUT2D eigenvalue weighted by molar-refractivity contribution is 0.112. The van der Waals surface area contributed by atoms with Crippen LogP contribution in [0.2, 0.25) is 0 Å². The number of hydrogen-bond acceptors (Lipinski definition) is 2. The predicted octanol–water partition coefficient (Wildman–Crippen LogP) is 2.63. The fourth-order valence-corrected chi connectivity index (χ4v) is 2.35. The number of benzene rings is 1. The molecule has 1 aliphatic rings. The molecular weight excluding hydrogens is 188 g/mol. The van der Waals surface area contributed by atoms with Crippen molar-refractivity contribution < 1.29 is 9.53 Å². The summed E-state index contributed by atoms with van der Waals surface area (Å²) in [5, 5.41) is 0. The van der Waals surface area contributed by atoms with Gasteiger partial charge in [-0.25, -0.2) is 0 Å². The Labute approximate surface area is 90.3 Å². The Kier molecular flexibility index (Phi) is 2.76. The molecule has 0 saturated heterocycles. The van der Waals surface area contributed by atoms with Crippen molar-refractivity contribution in [1.29, 1.82) is 0 Å². The SMILES string of the molecule is COc1ccc(C=O)c2c1CCC(C)C2. The molecule has 0 spiro atoms. The van der Waals surface area contributed by atoms with E-state index in [4.69, 9.17) is 4.74 Å². The zero-order valence-corrected chi connectivity index (χ0v) is 9.25. The van der Waals surface area contributed by atoms with Crippen LogP contribution >= 0.6 is 0 Å². The van der Waals surface area contributed by atoms with Gasteiger partial charge in [-0.1, -0.05) is 6.92 Å². The van der Waals surface area contributed by atoms with Gasteiger partial charge >= 0.3 is 0 Å². The molecule has 0 saturated carbocycles. The summed E-state index contributed by atoms with van der Waals surface area (Å²) in [5.41, 5.74) is 3.26. The van der Waals surface area contributed by atoms with Gasteiger partial charge in [0.1, 0.15) is 12.0 Å². The topological polar surface area (TPSA) is 26.3 Å². The third kappa shape index (κ3) is 1.76. The maximum Gasteiger partial charge on any atom is 0.150 e. The molecule has 0 amide bonds. The number of rotatable bonds is 2. The summed E-state index contributed by atoms with van der Waals surface area (Å²) < 4.78 is 5.33. The quantitative estimate of drug-likeness (QED) is 0.692. The van der Waals surface area contributed by atoms with Crippen molar-refractivity contribution in [2.45, 2.75) is 26.2 Å². The molecule has 0 N–H and O–H groups in total. The lowest BCUT2D eigenvalue weighted by Gasteiger charge is -2.24. The first-order chi connectivity index (χ1) is 7.26. The number of hydrogen-bond donors (Lipinski definition) is 0. The summed E-state index contributed by atoms with van der Waals surface area (Å²) in [6.45, 7) is 2.23. The highest BCUT2D eigenvalue weighted by molar-refractivity contribution is 5.79. The number of carbonyl (C=O) groups excluding carboxylic acids is 1. The van der Waals surface area contributed by atoms with Gasteiger partial charge in [0, 0.05) is 5.56 Å². The molecule has 0 bridgehead atoms. The number of fused-ring (bicyclic) bond motifs is 1. The van der Waals surface area contributed by atoms with E-state index in [2.05, 4.69) is 6.92 Å². The molecule has 1 unspecified atom stereocenters. The van der Waals surface area contributed by atoms with Crippen LogP contribution in [0.15, 0.2) is 12.1 Å². The van der Waals surface area contributed by atoms with Gasteiger partial charge in [-0.05, 0) is 48.4 Å². The molecule has 1 aliphatic carbocycles. The van der Waals surface area contributed by atoms with Crippen LogP contribution in [0.3, 0.4) is 0 Å². The molecule has 1 aromatic rings. The third-order valence-electron chi connectivity index (χ3n) is 3.21. The summed E-state index contributed by atoms with van der Waals surface area (Å²) in [6.07, 6.45) is 4.17. The number of methoxy groups -OCH3 is 1. The fraction of sp³-hybridized carbons (Fsp3) is 0.462. The van der Waals surface area contributed by atoms with Crippen LogP contribution in [0.1, 0.15) is 34.8 Å². The highest BCUT2D eigenvalue weighted by Crippen LogP contribution is 2.33. The Balaban J connectivity index is 2.53. The Morgan fingerprint density at radius 3 is 2.87 bits per heavy atom. The summed E-state index contributed by atoms with van der Waals surface area (Å²) >= 11 is 0. The van der Waals surface area contributed by atoms with Crippen molar-refractivity contribution in [2.75, 3.05) is 7.11 Å². The molecule has 0 aliphatic heterocycles. The van der Waals surface area contributed by atoms with Gasteiger partial charge < -0.3 is 4.74 Å². The van der Waals surface area contributed by atoms with E-state index in [9.17, 15) is 4.79 Å². The molecule has 0 radical (unpaired) electrons. The van der Waals surface area contributed by atoms with Gasteiger partial charge in [0.05, 0.1) is 7.11 Å². The Morgan fingerprint density at radius 1 is 1.40 bits per heavy atom. The van der Waals surface area contributed by atoms with Crippen LogP contribution in [0.4, 0.5) is 0 Å². The zero-order valence-electron chi connectivity index (χ0n) is 9.25. The van der Waals surface area contributed by atoms with Gasteiger partial charge in [0.15, 0.2) is 0 Å². The van der Waals surface area contributed by atoms with E-state index in [1.165, 1.54) is 17.5 Å². The van der Waals surface area contributed by atoms with Crippen LogP contribution in [-0.2, 0) is 12.8 Å².